The second-order valence-electron chi connectivity index (χ2n) is 8.16. The van der Waals surface area contributed by atoms with E-state index in [2.05, 4.69) is 20.9 Å². The SMILES string of the molecule is CC[N+](C)(CC)CCOC(=O)C1(C2CCCCC2)CCCCC1.[I-]. The Hall–Kier alpha value is 0.160. The van der Waals surface area contributed by atoms with Gasteiger partial charge in [-0.3, -0.25) is 4.79 Å². The van der Waals surface area contributed by atoms with E-state index in [-0.39, 0.29) is 35.4 Å². The van der Waals surface area contributed by atoms with E-state index < -0.39 is 0 Å². The monoisotopic (exact) mass is 451 g/mol. The van der Waals surface area contributed by atoms with Crippen molar-refractivity contribution in [3.05, 3.63) is 0 Å². The zero-order valence-electron chi connectivity index (χ0n) is 16.1. The molecule has 2 rings (SSSR count). The number of carbonyl (C=O) groups is 1. The largest absolute Gasteiger partial charge is 1.00 e. The molecule has 142 valence electrons. The molecule has 0 aromatic heterocycles. The van der Waals surface area contributed by atoms with Crippen LogP contribution in [0, 0.1) is 11.3 Å². The summed E-state index contributed by atoms with van der Waals surface area (Å²) >= 11 is 0. The van der Waals surface area contributed by atoms with Gasteiger partial charge in [0.15, 0.2) is 0 Å². The summed E-state index contributed by atoms with van der Waals surface area (Å²) in [5.41, 5.74) is -0.138. The number of hydrogen-bond donors (Lipinski definition) is 0. The van der Waals surface area contributed by atoms with E-state index in [9.17, 15) is 4.79 Å². The molecule has 0 amide bonds. The first kappa shape index (κ1) is 22.2. The van der Waals surface area contributed by atoms with Gasteiger partial charge in [-0.15, -0.1) is 0 Å². The Morgan fingerprint density at radius 1 is 1.00 bits per heavy atom. The van der Waals surface area contributed by atoms with Crippen LogP contribution in [0.2, 0.25) is 0 Å². The van der Waals surface area contributed by atoms with Crippen molar-refractivity contribution in [1.29, 1.82) is 0 Å². The van der Waals surface area contributed by atoms with E-state index >= 15 is 0 Å². The molecule has 0 radical (unpaired) electrons. The van der Waals surface area contributed by atoms with E-state index in [0.29, 0.717) is 12.5 Å². The lowest BCUT2D eigenvalue weighted by Crippen LogP contribution is -3.00. The molecule has 3 nitrogen and oxygen atoms in total. The molecular formula is C20H38INO2. The van der Waals surface area contributed by atoms with Crippen LogP contribution in [0.3, 0.4) is 0 Å². The van der Waals surface area contributed by atoms with E-state index in [1.807, 2.05) is 0 Å². The Bertz CT molecular complexity index is 370. The van der Waals surface area contributed by atoms with Gasteiger partial charge in [-0.05, 0) is 45.4 Å². The fourth-order valence-electron chi connectivity index (χ4n) is 4.66. The minimum atomic E-state index is -0.138. The summed E-state index contributed by atoms with van der Waals surface area (Å²) in [5, 5.41) is 0. The van der Waals surface area contributed by atoms with Crippen molar-refractivity contribution < 1.29 is 38.0 Å². The topological polar surface area (TPSA) is 26.3 Å². The third-order valence-corrected chi connectivity index (χ3v) is 6.93. The minimum absolute atomic E-state index is 0. The maximum absolute atomic E-state index is 13.1. The number of esters is 1. The van der Waals surface area contributed by atoms with Crippen LogP contribution in [-0.2, 0) is 9.53 Å². The van der Waals surface area contributed by atoms with Crippen LogP contribution < -0.4 is 24.0 Å². The van der Waals surface area contributed by atoms with Gasteiger partial charge in [0.1, 0.15) is 13.2 Å². The van der Waals surface area contributed by atoms with Crippen molar-refractivity contribution in [3.8, 4) is 0 Å². The van der Waals surface area contributed by atoms with Crippen molar-refractivity contribution in [2.45, 2.75) is 78.1 Å². The predicted molar refractivity (Wildman–Crippen MR) is 95.2 cm³/mol. The summed E-state index contributed by atoms with van der Waals surface area (Å²) in [5.74, 6) is 0.727. The minimum Gasteiger partial charge on any atom is -1.00 e. The molecule has 0 spiro atoms. The Labute approximate surface area is 166 Å². The van der Waals surface area contributed by atoms with Gasteiger partial charge in [0.05, 0.1) is 25.6 Å². The molecule has 0 bridgehead atoms. The maximum Gasteiger partial charge on any atom is 0.312 e. The average molecular weight is 451 g/mol. The third-order valence-electron chi connectivity index (χ3n) is 6.93. The average Bonchev–Trinajstić information content (AvgIpc) is 2.62. The Balaban J connectivity index is 0.00000288. The number of hydrogen-bond acceptors (Lipinski definition) is 2. The van der Waals surface area contributed by atoms with Crippen LogP contribution in [0.4, 0.5) is 0 Å². The van der Waals surface area contributed by atoms with Crippen molar-refractivity contribution in [2.75, 3.05) is 33.3 Å². The lowest BCUT2D eigenvalue weighted by molar-refractivity contribution is -0.906. The predicted octanol–water partition coefficient (Wildman–Crippen LogP) is 1.55. The second-order valence-corrected chi connectivity index (χ2v) is 8.16. The lowest BCUT2D eigenvalue weighted by atomic mass is 9.62. The summed E-state index contributed by atoms with van der Waals surface area (Å²) in [6, 6.07) is 0. The molecule has 0 saturated heterocycles. The molecule has 2 fully saturated rings. The lowest BCUT2D eigenvalue weighted by Gasteiger charge is -2.43. The van der Waals surface area contributed by atoms with Crippen molar-refractivity contribution in [3.63, 3.8) is 0 Å². The molecule has 0 heterocycles. The summed E-state index contributed by atoms with van der Waals surface area (Å²) in [6.45, 7) is 8.17. The molecule has 0 N–H and O–H groups in total. The van der Waals surface area contributed by atoms with E-state index in [1.54, 1.807) is 0 Å². The third kappa shape index (κ3) is 5.33. The number of halogens is 1. The quantitative estimate of drug-likeness (QED) is 0.334. The van der Waals surface area contributed by atoms with Crippen LogP contribution >= 0.6 is 0 Å². The van der Waals surface area contributed by atoms with Gasteiger partial charge >= 0.3 is 5.97 Å². The number of rotatable bonds is 7. The highest BCUT2D eigenvalue weighted by Gasteiger charge is 2.47. The molecule has 4 heteroatoms. The summed E-state index contributed by atoms with van der Waals surface area (Å²) in [7, 11) is 2.26. The van der Waals surface area contributed by atoms with Crippen LogP contribution in [0.15, 0.2) is 0 Å². The standard InChI is InChI=1S/C20H38NO2.HI/c1-4-21(3,5-2)16-17-23-19(22)20(14-10-7-11-15-20)18-12-8-6-9-13-18;/h18H,4-17H2,1-3H3;1H/q+1;/p-1. The highest BCUT2D eigenvalue weighted by atomic mass is 127. The smallest absolute Gasteiger partial charge is 0.312 e. The van der Waals surface area contributed by atoms with Crippen LogP contribution in [0.1, 0.15) is 78.1 Å². The molecule has 2 saturated carbocycles. The molecule has 0 aromatic carbocycles. The van der Waals surface area contributed by atoms with Gasteiger partial charge in [-0.25, -0.2) is 0 Å². The van der Waals surface area contributed by atoms with Gasteiger partial charge in [-0.1, -0.05) is 38.5 Å². The fraction of sp³-hybridized carbons (Fsp3) is 0.950. The number of quaternary nitrogens is 1. The number of likely N-dealkylation sites (N-methyl/N-ethyl adjacent to an activating group) is 1. The zero-order valence-corrected chi connectivity index (χ0v) is 18.3. The van der Waals surface area contributed by atoms with Gasteiger partial charge in [-0.2, -0.15) is 0 Å². The Kier molecular flexibility index (Phi) is 9.57. The molecule has 2 aliphatic rings. The first-order valence-corrected chi connectivity index (χ1v) is 10.1. The molecule has 2 aliphatic carbocycles. The first-order valence-electron chi connectivity index (χ1n) is 10.1. The fourth-order valence-corrected chi connectivity index (χ4v) is 4.66. The van der Waals surface area contributed by atoms with Crippen LogP contribution in [0.5, 0.6) is 0 Å². The molecule has 24 heavy (non-hydrogen) atoms. The summed E-state index contributed by atoms with van der Waals surface area (Å²) in [6.07, 6.45) is 12.3. The van der Waals surface area contributed by atoms with Crippen LogP contribution in [-0.4, -0.2) is 43.7 Å². The van der Waals surface area contributed by atoms with E-state index in [0.717, 1.165) is 37.0 Å². The second kappa shape index (κ2) is 10.3. The molecule has 0 unspecified atom stereocenters. The molecule has 0 aliphatic heterocycles. The maximum atomic E-state index is 13.1. The van der Waals surface area contributed by atoms with Gasteiger partial charge < -0.3 is 33.2 Å². The Morgan fingerprint density at radius 2 is 1.54 bits per heavy atom. The normalized spacial score (nSPS) is 21.8. The van der Waals surface area contributed by atoms with E-state index in [1.165, 1.54) is 51.4 Å². The van der Waals surface area contributed by atoms with Crippen LogP contribution in [0.25, 0.3) is 0 Å². The van der Waals surface area contributed by atoms with Crippen molar-refractivity contribution in [2.24, 2.45) is 11.3 Å². The van der Waals surface area contributed by atoms with Gasteiger partial charge in [0.25, 0.3) is 0 Å². The van der Waals surface area contributed by atoms with E-state index in [4.69, 9.17) is 4.74 Å². The van der Waals surface area contributed by atoms with Gasteiger partial charge in [0, 0.05) is 0 Å². The summed E-state index contributed by atoms with van der Waals surface area (Å²) < 4.78 is 6.87. The number of ether oxygens (including phenoxy) is 1. The van der Waals surface area contributed by atoms with Crippen molar-refractivity contribution >= 4 is 5.97 Å². The van der Waals surface area contributed by atoms with Gasteiger partial charge in [0.2, 0.25) is 0 Å². The zero-order chi connectivity index (χ0) is 16.8. The first-order chi connectivity index (χ1) is 11.1. The highest BCUT2D eigenvalue weighted by Crippen LogP contribution is 2.49. The molecule has 0 atom stereocenters. The Morgan fingerprint density at radius 3 is 2.08 bits per heavy atom. The number of carbonyl (C=O) groups excluding carboxylic acids is 1. The van der Waals surface area contributed by atoms with Crippen molar-refractivity contribution in [1.82, 2.24) is 0 Å². The summed E-state index contributed by atoms with van der Waals surface area (Å²) in [4.78, 5) is 13.1. The molecule has 0 aromatic rings. The number of nitrogens with zero attached hydrogens (tertiary/aromatic N) is 1. The molecular weight excluding hydrogens is 413 g/mol. The highest BCUT2D eigenvalue weighted by molar-refractivity contribution is 5.77.